The molecule has 112 heavy (non-hydrogen) atoms. The summed E-state index contributed by atoms with van der Waals surface area (Å²) in [4.78, 5) is 56.5. The number of rotatable bonds is 20. The van der Waals surface area contributed by atoms with Gasteiger partial charge in [-0.1, -0.05) is 78.2 Å². The van der Waals surface area contributed by atoms with E-state index in [9.17, 15) is 29.7 Å². The first-order valence-electron chi connectivity index (χ1n) is 32.8. The summed E-state index contributed by atoms with van der Waals surface area (Å²) in [6.07, 6.45) is 14.7. The van der Waals surface area contributed by atoms with Gasteiger partial charge in [-0.25, -0.2) is 9.78 Å². The van der Waals surface area contributed by atoms with E-state index >= 15 is 0 Å². The molecule has 11 aromatic rings. The van der Waals surface area contributed by atoms with Crippen LogP contribution < -0.4 is 18.9 Å². The van der Waals surface area contributed by atoms with Gasteiger partial charge >= 0.3 is 27.0 Å². The predicted octanol–water partition coefficient (Wildman–Crippen LogP) is 16.8. The molecule has 604 valence electrons. The van der Waals surface area contributed by atoms with E-state index in [4.69, 9.17) is 34.3 Å². The van der Waals surface area contributed by atoms with Crippen molar-refractivity contribution >= 4 is 79.8 Å². The number of carboxylic acids is 1. The SMILES string of the molecule is CC(=O)C=C(C)O.CC(=O)C=C(C)O.COc1c[c-]c(-c2cc(CS)ccn2)c(CO)c1.COc1c[c-]c(-c2cc(CS)ccn2)c(CO)c1.COc1c[c-]c(-c2cc(SC)ccn2)c(OC)c1.Cc1ccc[c-]c1-c1cc(CS)ccn1.O=C(O)c1ccccn1.OCc1ccc[c-]c1-c1cc(CS)ccn1.[Pt+2].[Pt].[Pt].[Pt]. The van der Waals surface area contributed by atoms with Crippen molar-refractivity contribution in [2.45, 2.75) is 82.3 Å². The number of hydrogen-bond acceptors (Lipinski definition) is 23. The molecule has 0 bridgehead atoms. The Hall–Kier alpha value is -7.53. The average Bonchev–Trinajstić information content (AvgIpc) is 0.841. The number of hydrogen-bond donors (Lipinski definition) is 10. The van der Waals surface area contributed by atoms with E-state index in [1.165, 1.54) is 63.2 Å². The summed E-state index contributed by atoms with van der Waals surface area (Å²) in [5.41, 5.74) is 16.6. The predicted molar refractivity (Wildman–Crippen MR) is 439 cm³/mol. The number of aliphatic hydroxyl groups is 5. The molecule has 0 aliphatic rings. The Balaban J connectivity index is 0.00000128. The molecule has 11 rings (SSSR count). The molecular formula is C84H87N6O13Pt4S5-3. The van der Waals surface area contributed by atoms with Crippen LogP contribution in [0, 0.1) is 37.3 Å². The van der Waals surface area contributed by atoms with Gasteiger partial charge in [0.2, 0.25) is 0 Å². The van der Waals surface area contributed by atoms with E-state index < -0.39 is 5.97 Å². The number of aliphatic hydroxyl groups excluding tert-OH is 5. The second kappa shape index (κ2) is 59.2. The van der Waals surface area contributed by atoms with Crippen LogP contribution in [0.4, 0.5) is 0 Å². The Bertz CT molecular complexity index is 4420. The van der Waals surface area contributed by atoms with Crippen molar-refractivity contribution in [3.8, 4) is 79.3 Å². The van der Waals surface area contributed by atoms with Crippen molar-refractivity contribution in [1.82, 2.24) is 29.9 Å². The number of pyridine rings is 6. The van der Waals surface area contributed by atoms with Crippen molar-refractivity contribution in [2.75, 3.05) is 34.7 Å². The summed E-state index contributed by atoms with van der Waals surface area (Å²) in [7, 11) is 6.42. The summed E-state index contributed by atoms with van der Waals surface area (Å²) < 4.78 is 20.7. The molecular weight excluding hydrogens is 2240 g/mol. The van der Waals surface area contributed by atoms with Crippen LogP contribution in [0.3, 0.4) is 0 Å². The van der Waals surface area contributed by atoms with Crippen molar-refractivity contribution in [2.24, 2.45) is 0 Å². The number of allylic oxidation sites excluding steroid dienone is 4. The van der Waals surface area contributed by atoms with Crippen LogP contribution in [0.2, 0.25) is 0 Å². The molecule has 6 heterocycles. The molecule has 0 aliphatic carbocycles. The number of thioether (sulfide) groups is 1. The summed E-state index contributed by atoms with van der Waals surface area (Å²) in [5.74, 6) is 4.38. The number of carbonyl (C=O) groups is 3. The number of carboxylic acid groups (broad SMARTS) is 1. The first-order chi connectivity index (χ1) is 52.0. The van der Waals surface area contributed by atoms with Crippen molar-refractivity contribution in [1.29, 1.82) is 0 Å². The van der Waals surface area contributed by atoms with Crippen LogP contribution in [-0.2, 0) is 137 Å². The van der Waals surface area contributed by atoms with Gasteiger partial charge in [0.25, 0.3) is 0 Å². The Morgan fingerprint density at radius 2 is 0.795 bits per heavy atom. The minimum atomic E-state index is -0.990. The van der Waals surface area contributed by atoms with Crippen molar-refractivity contribution in [3.63, 3.8) is 0 Å². The normalized spacial score (nSPS) is 9.97. The van der Waals surface area contributed by atoms with Gasteiger partial charge in [-0.2, -0.15) is 50.5 Å². The number of nitrogens with zero attached hydrogens (tertiary/aromatic N) is 6. The summed E-state index contributed by atoms with van der Waals surface area (Å²) in [6.45, 7) is 7.62. The van der Waals surface area contributed by atoms with Gasteiger partial charge in [0.1, 0.15) is 5.69 Å². The average molecular weight is 2330 g/mol. The number of aryl methyl sites for hydroxylation is 1. The smallest absolute Gasteiger partial charge is 0.540 e. The fourth-order valence-electron chi connectivity index (χ4n) is 9.17. The molecule has 0 fully saturated rings. The third-order valence-electron chi connectivity index (χ3n) is 14.3. The van der Waals surface area contributed by atoms with E-state index in [0.717, 1.165) is 106 Å². The van der Waals surface area contributed by atoms with Gasteiger partial charge < -0.3 is 74.5 Å². The van der Waals surface area contributed by atoms with Crippen LogP contribution in [0.5, 0.6) is 23.0 Å². The van der Waals surface area contributed by atoms with E-state index in [1.807, 2.05) is 103 Å². The molecule has 5 aromatic carbocycles. The quantitative estimate of drug-likeness (QED) is 0.0112. The second-order valence-electron chi connectivity index (χ2n) is 22.4. The fourth-order valence-corrected chi connectivity index (χ4v) is 10.4. The zero-order valence-corrected chi connectivity index (χ0v) is 76.2. The fraction of sp³-hybridized carbons (Fsp3) is 0.202. The summed E-state index contributed by atoms with van der Waals surface area (Å²) in [5, 5.41) is 53.1. The molecule has 0 radical (unpaired) electrons. The minimum Gasteiger partial charge on any atom is -0.540 e. The Kier molecular flexibility index (Phi) is 55.2. The third kappa shape index (κ3) is 37.6. The topological polar surface area (TPSA) is 287 Å². The monoisotopic (exact) mass is 2330 g/mol. The molecule has 0 saturated heterocycles. The Morgan fingerprint density at radius 1 is 0.429 bits per heavy atom. The number of methoxy groups -OCH3 is 4. The van der Waals surface area contributed by atoms with Gasteiger partial charge in [0.15, 0.2) is 11.6 Å². The molecule has 0 saturated carbocycles. The van der Waals surface area contributed by atoms with Crippen molar-refractivity contribution < 1.29 is 148 Å². The molecule has 28 heteroatoms. The van der Waals surface area contributed by atoms with Crippen LogP contribution >= 0.6 is 62.3 Å². The number of carbonyl (C=O) groups excluding carboxylic acids is 2. The molecule has 0 spiro atoms. The molecule has 0 unspecified atom stereocenters. The minimum absolute atomic E-state index is 0. The van der Waals surface area contributed by atoms with Gasteiger partial charge in [-0.05, 0) is 127 Å². The number of ether oxygens (including phenoxy) is 4. The Labute approximate surface area is 740 Å². The van der Waals surface area contributed by atoms with Gasteiger partial charge in [-0.15, -0.1) is 130 Å². The zero-order valence-electron chi connectivity index (χ0n) is 62.7. The van der Waals surface area contributed by atoms with Crippen LogP contribution in [-0.4, -0.2) is 113 Å². The maximum atomic E-state index is 10.1. The molecule has 6 aromatic heterocycles. The van der Waals surface area contributed by atoms with E-state index in [1.54, 1.807) is 107 Å². The first-order valence-corrected chi connectivity index (χ1v) is 36.6. The van der Waals surface area contributed by atoms with E-state index in [2.05, 4.69) is 130 Å². The molecule has 0 amide bonds. The van der Waals surface area contributed by atoms with Gasteiger partial charge in [0, 0.05) is 183 Å². The Morgan fingerprint density at radius 3 is 1.12 bits per heavy atom. The maximum absolute atomic E-state index is 10.1. The first kappa shape index (κ1) is 104. The second-order valence-corrected chi connectivity index (χ2v) is 24.5. The van der Waals surface area contributed by atoms with Crippen LogP contribution in [0.15, 0.2) is 217 Å². The summed E-state index contributed by atoms with van der Waals surface area (Å²) >= 11 is 18.7. The van der Waals surface area contributed by atoms with Crippen LogP contribution in [0.1, 0.15) is 82.7 Å². The van der Waals surface area contributed by atoms with Crippen LogP contribution in [0.25, 0.3) is 56.3 Å². The zero-order chi connectivity index (χ0) is 79.3. The number of ketones is 2. The maximum Gasteiger partial charge on any atom is 2.00 e. The van der Waals surface area contributed by atoms with Crippen molar-refractivity contribution in [3.05, 3.63) is 293 Å². The largest absolute Gasteiger partial charge is 2.00 e. The number of benzene rings is 5. The number of aromatic nitrogens is 6. The van der Waals surface area contributed by atoms with E-state index in [-0.39, 0.29) is 133 Å². The standard InChI is InChI=1S/3C14H14NO2S.C13H12NOS.C13H12NS.C6H5NO2.2C5H8O2.4Pt/c1-16-10-4-5-12(14(8-10)17-2)13-9-11(18-3)6-7-15-13;2*1-17-12-2-3-13(11(7-12)8-16)14-6-10(9-18)4-5-15-14;15-8-11-3-1-2-4-12(11)13-7-10(9-16)5-6-14-13;1-10-4-2-3-5-12(10)13-8-11(9-15)6-7-14-13;8-6(9)5-3-1-2-4-7-5;2*1-4(6)3-5(2)7;;;;/h4,6-9H,1-3H3;2*2,4-7,16,18H,8-9H2,1H3;1-3,5-7,15-16H,8-9H2;2-4,6-8,15H,9H2,1H3;1-4H,(H,8,9);2*3,6H,1-2H3;;;;/q5*-1;;;;;;;+2. The third-order valence-corrected chi connectivity index (χ3v) is 16.5. The molecule has 19 nitrogen and oxygen atoms in total. The molecule has 0 atom stereocenters. The van der Waals surface area contributed by atoms with E-state index in [0.29, 0.717) is 34.5 Å². The van der Waals surface area contributed by atoms with Gasteiger partial charge in [-0.3, -0.25) is 9.59 Å². The molecule has 0 aliphatic heterocycles. The summed E-state index contributed by atoms with van der Waals surface area (Å²) in [6, 6.07) is 62.3. The number of thiol groups is 4. The van der Waals surface area contributed by atoms with Gasteiger partial charge in [0.05, 0.1) is 40.0 Å². The molecule has 6 N–H and O–H groups in total. The number of aromatic carboxylic acids is 1.